The minimum absolute atomic E-state index is 0.0253. The SMILES string of the molecule is CCCCCCCCCCCC(O)CC(=O)SCCNC(=O)CCNC(=O)[C@H](O)C(C)(C)COP(=O)(O)OP(=O)(O)OC[C@H]1O[C@@H](n2cnc3c(N)ncnc32)[C@H](O)[C@@H]1OP(=O)(O)O. The van der Waals surface area contributed by atoms with Crippen molar-refractivity contribution in [3.8, 4) is 0 Å². The monoisotopic (exact) mass is 993 g/mol. The van der Waals surface area contributed by atoms with Crippen LogP contribution < -0.4 is 16.4 Å². The van der Waals surface area contributed by atoms with Crippen molar-refractivity contribution in [2.75, 3.05) is 37.8 Å². The number of aromatic nitrogens is 4. The van der Waals surface area contributed by atoms with E-state index in [1.54, 1.807) is 0 Å². The normalized spacial score (nSPS) is 21.0. The Morgan fingerprint density at radius 3 is 2.23 bits per heavy atom. The Morgan fingerprint density at radius 1 is 0.938 bits per heavy atom. The van der Waals surface area contributed by atoms with Crippen LogP contribution >= 0.6 is 35.2 Å². The number of carbonyl (C=O) groups excluding carboxylic acids is 3. The zero-order valence-corrected chi connectivity index (χ0v) is 39.4. The van der Waals surface area contributed by atoms with Crippen LogP contribution in [0.2, 0.25) is 0 Å². The van der Waals surface area contributed by atoms with Gasteiger partial charge in [-0.3, -0.25) is 32.5 Å². The Labute approximate surface area is 374 Å². The van der Waals surface area contributed by atoms with E-state index in [9.17, 15) is 63.0 Å². The number of phosphoric acid groups is 3. The van der Waals surface area contributed by atoms with Crippen LogP contribution in [0.25, 0.3) is 11.2 Å². The van der Waals surface area contributed by atoms with Crippen LogP contribution in [-0.2, 0) is 50.7 Å². The summed E-state index contributed by atoms with van der Waals surface area (Å²) in [4.78, 5) is 88.2. The van der Waals surface area contributed by atoms with Gasteiger partial charge in [-0.2, -0.15) is 4.31 Å². The van der Waals surface area contributed by atoms with Gasteiger partial charge in [0, 0.05) is 37.1 Å². The number of aliphatic hydroxyl groups excluding tert-OH is 3. The molecule has 64 heavy (non-hydrogen) atoms. The van der Waals surface area contributed by atoms with E-state index in [4.69, 9.17) is 19.5 Å². The third kappa shape index (κ3) is 19.4. The van der Waals surface area contributed by atoms with Crippen molar-refractivity contribution in [3.05, 3.63) is 12.7 Å². The van der Waals surface area contributed by atoms with Gasteiger partial charge in [-0.1, -0.05) is 90.3 Å². The molecule has 8 atom stereocenters. The predicted molar refractivity (Wildman–Crippen MR) is 230 cm³/mol. The van der Waals surface area contributed by atoms with E-state index < -0.39 is 90.7 Å². The highest BCUT2D eigenvalue weighted by Gasteiger charge is 2.50. The molecule has 2 aromatic rings. The highest BCUT2D eigenvalue weighted by atomic mass is 32.2. The number of hydrogen-bond acceptors (Lipinski definition) is 19. The Kier molecular flexibility index (Phi) is 22.8. The Morgan fingerprint density at radius 2 is 1.58 bits per heavy atom. The molecule has 3 rings (SSSR count). The van der Waals surface area contributed by atoms with Crippen molar-refractivity contribution >= 4 is 69.1 Å². The molecule has 0 bridgehead atoms. The van der Waals surface area contributed by atoms with Crippen LogP contribution in [0.5, 0.6) is 0 Å². The number of unbranched alkanes of at least 4 members (excludes halogenated alkanes) is 8. The van der Waals surface area contributed by atoms with Gasteiger partial charge in [-0.15, -0.1) is 0 Å². The summed E-state index contributed by atoms with van der Waals surface area (Å²) in [6, 6.07) is 0. The van der Waals surface area contributed by atoms with Crippen molar-refractivity contribution in [3.63, 3.8) is 0 Å². The molecular formula is C35H62N7O18P3S. The van der Waals surface area contributed by atoms with Gasteiger partial charge in [0.25, 0.3) is 0 Å². The first kappa shape index (κ1) is 55.8. The summed E-state index contributed by atoms with van der Waals surface area (Å²) in [6.07, 6.45) is 3.31. The smallest absolute Gasteiger partial charge is 0.393 e. The molecule has 1 saturated heterocycles. The van der Waals surface area contributed by atoms with Crippen LogP contribution in [0, 0.1) is 5.41 Å². The summed E-state index contributed by atoms with van der Waals surface area (Å²) >= 11 is 0.995. The van der Waals surface area contributed by atoms with E-state index in [2.05, 4.69) is 41.3 Å². The van der Waals surface area contributed by atoms with Gasteiger partial charge in [0.05, 0.1) is 25.6 Å². The molecule has 3 heterocycles. The maximum atomic E-state index is 12.7. The van der Waals surface area contributed by atoms with Gasteiger partial charge in [0.2, 0.25) is 11.8 Å². The fourth-order valence-corrected chi connectivity index (χ4v) is 9.91. The zero-order valence-electron chi connectivity index (χ0n) is 35.9. The molecule has 25 nitrogen and oxygen atoms in total. The number of rotatable bonds is 31. The second-order valence-electron chi connectivity index (χ2n) is 15.8. The van der Waals surface area contributed by atoms with E-state index >= 15 is 0 Å². The minimum atomic E-state index is -5.58. The second-order valence-corrected chi connectivity index (χ2v) is 21.2. The molecular weight excluding hydrogens is 931 g/mol. The molecule has 0 aromatic carbocycles. The molecule has 2 amide bonds. The van der Waals surface area contributed by atoms with Crippen LogP contribution in [0.15, 0.2) is 12.7 Å². The second kappa shape index (κ2) is 26.2. The maximum absolute atomic E-state index is 12.7. The first-order valence-electron chi connectivity index (χ1n) is 20.7. The number of amides is 2. The number of nitrogens with one attached hydrogen (secondary N) is 2. The zero-order chi connectivity index (χ0) is 47.7. The van der Waals surface area contributed by atoms with E-state index in [0.29, 0.717) is 6.42 Å². The molecule has 11 N–H and O–H groups in total. The molecule has 3 unspecified atom stereocenters. The number of nitrogens with zero attached hydrogens (tertiary/aromatic N) is 4. The number of aliphatic hydroxyl groups is 3. The molecule has 0 spiro atoms. The van der Waals surface area contributed by atoms with Crippen molar-refractivity contribution in [2.24, 2.45) is 5.41 Å². The van der Waals surface area contributed by atoms with E-state index in [1.165, 1.54) is 52.4 Å². The average molecular weight is 994 g/mol. The summed E-state index contributed by atoms with van der Waals surface area (Å²) in [7, 11) is -16.4. The fraction of sp³-hybridized carbons (Fsp3) is 0.771. The number of imidazole rings is 1. The molecule has 366 valence electrons. The minimum Gasteiger partial charge on any atom is -0.393 e. The average Bonchev–Trinajstić information content (AvgIpc) is 3.76. The number of anilines is 1. The topological polar surface area (TPSA) is 384 Å². The number of ether oxygens (including phenoxy) is 1. The number of fused-ring (bicyclic) bond motifs is 1. The first-order chi connectivity index (χ1) is 29.9. The lowest BCUT2D eigenvalue weighted by atomic mass is 9.87. The Hall–Kier alpha value is -2.48. The van der Waals surface area contributed by atoms with Crippen molar-refractivity contribution in [1.82, 2.24) is 30.2 Å². The largest absolute Gasteiger partial charge is 0.481 e. The number of thioether (sulfide) groups is 1. The lowest BCUT2D eigenvalue weighted by molar-refractivity contribution is -0.137. The predicted octanol–water partition coefficient (Wildman–Crippen LogP) is 2.34. The van der Waals surface area contributed by atoms with Crippen LogP contribution in [0.3, 0.4) is 0 Å². The number of nitrogens with two attached hydrogens (primary N) is 1. The van der Waals surface area contributed by atoms with E-state index in [0.717, 1.165) is 48.2 Å². The number of nitrogen functional groups attached to an aromatic ring is 1. The highest BCUT2D eigenvalue weighted by molar-refractivity contribution is 8.13. The standard InChI is InChI=1S/C35H62N7O18P3S/c1-4-5-6-7-8-9-10-11-12-13-23(43)18-26(45)64-17-16-37-25(44)14-15-38-33(48)30(47)35(2,3)20-57-63(54,55)60-62(52,53)56-19-24-29(59-61(49,50)51)28(46)34(58-24)42-22-41-27-31(36)39-21-40-32(27)42/h21-24,28-30,34,43,46-47H,4-20H2,1-3H3,(H,37,44)(H,38,48)(H,52,53)(H,54,55)(H2,36,39,40)(H2,49,50,51)/t23?,24-,28-,29-,30+,34-/m1/s1. The molecule has 1 fully saturated rings. The third-order valence-electron chi connectivity index (χ3n) is 9.81. The first-order valence-corrected chi connectivity index (χ1v) is 26.2. The summed E-state index contributed by atoms with van der Waals surface area (Å²) in [5.41, 5.74) is 4.25. The van der Waals surface area contributed by atoms with Crippen LogP contribution in [-0.4, -0.2) is 134 Å². The van der Waals surface area contributed by atoms with Crippen LogP contribution in [0.1, 0.15) is 104 Å². The Balaban J connectivity index is 1.36. The Bertz CT molecular complexity index is 1960. The summed E-state index contributed by atoms with van der Waals surface area (Å²) < 4.78 is 62.3. The van der Waals surface area contributed by atoms with Gasteiger partial charge in [0.15, 0.2) is 22.8 Å². The summed E-state index contributed by atoms with van der Waals surface area (Å²) in [6.45, 7) is 2.59. The van der Waals surface area contributed by atoms with Gasteiger partial charge < -0.3 is 56.0 Å². The van der Waals surface area contributed by atoms with Gasteiger partial charge in [-0.25, -0.2) is 28.6 Å². The summed E-state index contributed by atoms with van der Waals surface area (Å²) in [5.74, 6) is -1.22. The van der Waals surface area contributed by atoms with E-state index in [1.807, 2.05) is 0 Å². The van der Waals surface area contributed by atoms with Crippen LogP contribution in [0.4, 0.5) is 5.82 Å². The maximum Gasteiger partial charge on any atom is 0.481 e. The molecule has 29 heteroatoms. The number of carbonyl (C=O) groups is 3. The van der Waals surface area contributed by atoms with Gasteiger partial charge >= 0.3 is 23.5 Å². The van der Waals surface area contributed by atoms with Crippen molar-refractivity contribution in [1.29, 1.82) is 0 Å². The molecule has 0 radical (unpaired) electrons. The molecule has 0 aliphatic carbocycles. The lowest BCUT2D eigenvalue weighted by Gasteiger charge is -2.30. The van der Waals surface area contributed by atoms with Gasteiger partial charge in [-0.05, 0) is 6.42 Å². The third-order valence-corrected chi connectivity index (χ3v) is 13.8. The van der Waals surface area contributed by atoms with Crippen molar-refractivity contribution < 1.29 is 85.6 Å². The molecule has 2 aromatic heterocycles. The van der Waals surface area contributed by atoms with Crippen molar-refractivity contribution in [2.45, 2.75) is 135 Å². The summed E-state index contributed by atoms with van der Waals surface area (Å²) in [5, 5.41) is 36.5. The molecule has 1 aliphatic heterocycles. The quantitative estimate of drug-likeness (QED) is 0.0383. The number of hydrogen-bond donors (Lipinski definition) is 10. The fourth-order valence-electron chi connectivity index (χ4n) is 6.34. The highest BCUT2D eigenvalue weighted by Crippen LogP contribution is 2.61. The molecule has 0 saturated carbocycles. The van der Waals surface area contributed by atoms with Gasteiger partial charge in [0.1, 0.15) is 36.3 Å². The molecule has 1 aliphatic rings. The number of phosphoric ester groups is 3. The lowest BCUT2D eigenvalue weighted by Crippen LogP contribution is -2.46. The van der Waals surface area contributed by atoms with E-state index in [-0.39, 0.29) is 53.8 Å².